The molecule has 0 saturated heterocycles. The van der Waals surface area contributed by atoms with Crippen molar-refractivity contribution in [2.24, 2.45) is 0 Å². The van der Waals surface area contributed by atoms with E-state index in [-0.39, 0.29) is 18.6 Å². The number of nitrogens with one attached hydrogen (secondary N) is 1. The van der Waals surface area contributed by atoms with Crippen molar-refractivity contribution in [3.05, 3.63) is 58.1 Å². The van der Waals surface area contributed by atoms with Crippen molar-refractivity contribution in [1.82, 2.24) is 5.32 Å². The zero-order chi connectivity index (χ0) is 17.7. The van der Waals surface area contributed by atoms with Crippen LogP contribution in [0.1, 0.15) is 29.7 Å². The Bertz CT molecular complexity index is 731. The van der Waals surface area contributed by atoms with Crippen LogP contribution in [-0.2, 0) is 4.79 Å². The van der Waals surface area contributed by atoms with Crippen molar-refractivity contribution in [2.45, 2.75) is 26.8 Å². The van der Waals surface area contributed by atoms with Gasteiger partial charge in [-0.1, -0.05) is 29.3 Å². The summed E-state index contributed by atoms with van der Waals surface area (Å²) in [5.41, 5.74) is 2.96. The molecule has 0 aliphatic carbocycles. The van der Waals surface area contributed by atoms with Crippen LogP contribution in [-0.4, -0.2) is 19.6 Å². The third kappa shape index (κ3) is 4.65. The predicted octanol–water partition coefficient (Wildman–Crippen LogP) is 4.22. The van der Waals surface area contributed by atoms with Crippen LogP contribution in [0.25, 0.3) is 0 Å². The van der Waals surface area contributed by atoms with E-state index in [0.29, 0.717) is 10.8 Å². The van der Waals surface area contributed by atoms with Gasteiger partial charge in [0.1, 0.15) is 11.5 Å². The lowest BCUT2D eigenvalue weighted by Crippen LogP contribution is -2.31. The van der Waals surface area contributed by atoms with Gasteiger partial charge in [0.25, 0.3) is 5.91 Å². The van der Waals surface area contributed by atoms with Crippen molar-refractivity contribution in [1.29, 1.82) is 0 Å². The summed E-state index contributed by atoms with van der Waals surface area (Å²) in [6.45, 7) is 5.76. The number of benzene rings is 2. The third-order valence-electron chi connectivity index (χ3n) is 3.73. The molecule has 5 heteroatoms. The maximum Gasteiger partial charge on any atom is 0.258 e. The molecule has 1 unspecified atom stereocenters. The second-order valence-corrected chi connectivity index (χ2v) is 6.14. The standard InChI is InChI=1S/C19H22ClNO3/c1-12-5-8-18(23-4)16(9-12)14(3)21-19(22)11-24-15-6-7-17(20)13(2)10-15/h5-10,14H,11H2,1-4H3,(H,21,22). The topological polar surface area (TPSA) is 47.6 Å². The minimum absolute atomic E-state index is 0.0560. The molecular formula is C19H22ClNO3. The van der Waals surface area contributed by atoms with Gasteiger partial charge in [-0.3, -0.25) is 4.79 Å². The molecule has 0 radical (unpaired) electrons. The highest BCUT2D eigenvalue weighted by Gasteiger charge is 2.14. The molecule has 2 aromatic rings. The highest BCUT2D eigenvalue weighted by molar-refractivity contribution is 6.31. The maximum atomic E-state index is 12.1. The van der Waals surface area contributed by atoms with Crippen LogP contribution in [0.4, 0.5) is 0 Å². The maximum absolute atomic E-state index is 12.1. The van der Waals surface area contributed by atoms with E-state index in [0.717, 1.165) is 22.4 Å². The third-order valence-corrected chi connectivity index (χ3v) is 4.15. The first-order valence-corrected chi connectivity index (χ1v) is 8.11. The van der Waals surface area contributed by atoms with E-state index in [1.807, 2.05) is 45.0 Å². The summed E-state index contributed by atoms with van der Waals surface area (Å²) in [5, 5.41) is 3.60. The molecule has 1 amide bonds. The molecule has 1 N–H and O–H groups in total. The quantitative estimate of drug-likeness (QED) is 0.851. The lowest BCUT2D eigenvalue weighted by molar-refractivity contribution is -0.123. The van der Waals surface area contributed by atoms with Crippen molar-refractivity contribution in [3.8, 4) is 11.5 Å². The number of rotatable bonds is 6. The van der Waals surface area contributed by atoms with Gasteiger partial charge >= 0.3 is 0 Å². The fourth-order valence-corrected chi connectivity index (χ4v) is 2.53. The molecule has 0 heterocycles. The summed E-state index contributed by atoms with van der Waals surface area (Å²) in [7, 11) is 1.62. The number of hydrogen-bond donors (Lipinski definition) is 1. The molecular weight excluding hydrogens is 326 g/mol. The second kappa shape index (κ2) is 8.06. The smallest absolute Gasteiger partial charge is 0.258 e. The number of methoxy groups -OCH3 is 1. The molecule has 0 saturated carbocycles. The molecule has 0 aromatic heterocycles. The van der Waals surface area contributed by atoms with E-state index < -0.39 is 0 Å². The van der Waals surface area contributed by atoms with E-state index in [1.165, 1.54) is 0 Å². The fraction of sp³-hybridized carbons (Fsp3) is 0.316. The van der Waals surface area contributed by atoms with Crippen molar-refractivity contribution < 1.29 is 14.3 Å². The van der Waals surface area contributed by atoms with Gasteiger partial charge in [-0.15, -0.1) is 0 Å². The van der Waals surface area contributed by atoms with Crippen LogP contribution in [0.5, 0.6) is 11.5 Å². The monoisotopic (exact) mass is 347 g/mol. The Morgan fingerprint density at radius 1 is 1.21 bits per heavy atom. The molecule has 4 nitrogen and oxygen atoms in total. The lowest BCUT2D eigenvalue weighted by Gasteiger charge is -2.18. The van der Waals surface area contributed by atoms with Crippen molar-refractivity contribution >= 4 is 17.5 Å². The average molecular weight is 348 g/mol. The van der Waals surface area contributed by atoms with Gasteiger partial charge in [0.15, 0.2) is 6.61 Å². The SMILES string of the molecule is COc1ccc(C)cc1C(C)NC(=O)COc1ccc(Cl)c(C)c1. The van der Waals surface area contributed by atoms with Crippen LogP contribution in [0, 0.1) is 13.8 Å². The molecule has 0 aliphatic heterocycles. The van der Waals surface area contributed by atoms with Crippen LogP contribution in [0.3, 0.4) is 0 Å². The van der Waals surface area contributed by atoms with Gasteiger partial charge in [-0.2, -0.15) is 0 Å². The molecule has 2 rings (SSSR count). The minimum Gasteiger partial charge on any atom is -0.496 e. The first-order chi connectivity index (χ1) is 11.4. The van der Waals surface area contributed by atoms with Crippen LogP contribution in [0.15, 0.2) is 36.4 Å². The van der Waals surface area contributed by atoms with E-state index in [4.69, 9.17) is 21.1 Å². The van der Waals surface area contributed by atoms with E-state index >= 15 is 0 Å². The molecule has 2 aromatic carbocycles. The minimum atomic E-state index is -0.196. The lowest BCUT2D eigenvalue weighted by atomic mass is 10.0. The summed E-state index contributed by atoms with van der Waals surface area (Å²) in [6, 6.07) is 11.0. The Morgan fingerprint density at radius 3 is 2.62 bits per heavy atom. The van der Waals surface area contributed by atoms with E-state index in [1.54, 1.807) is 19.2 Å². The molecule has 0 fully saturated rings. The number of carbonyl (C=O) groups is 1. The molecule has 128 valence electrons. The van der Waals surface area contributed by atoms with Crippen molar-refractivity contribution in [3.63, 3.8) is 0 Å². The van der Waals surface area contributed by atoms with Gasteiger partial charge in [-0.25, -0.2) is 0 Å². The normalized spacial score (nSPS) is 11.7. The predicted molar refractivity (Wildman–Crippen MR) is 96.0 cm³/mol. The molecule has 0 spiro atoms. The Balaban J connectivity index is 1.96. The van der Waals surface area contributed by atoms with Gasteiger partial charge in [-0.05, 0) is 50.6 Å². The zero-order valence-corrected chi connectivity index (χ0v) is 15.1. The number of amides is 1. The van der Waals surface area contributed by atoms with Crippen LogP contribution in [0.2, 0.25) is 5.02 Å². The number of aryl methyl sites for hydroxylation is 2. The van der Waals surface area contributed by atoms with Crippen molar-refractivity contribution in [2.75, 3.05) is 13.7 Å². The zero-order valence-electron chi connectivity index (χ0n) is 14.4. The number of halogens is 1. The summed E-state index contributed by atoms with van der Waals surface area (Å²) in [4.78, 5) is 12.1. The Labute approximate surface area is 147 Å². The number of carbonyl (C=O) groups excluding carboxylic acids is 1. The Kier molecular flexibility index (Phi) is 6.10. The van der Waals surface area contributed by atoms with E-state index in [9.17, 15) is 4.79 Å². The molecule has 0 aliphatic rings. The first kappa shape index (κ1) is 18.1. The van der Waals surface area contributed by atoms with Crippen LogP contribution < -0.4 is 14.8 Å². The summed E-state index contributed by atoms with van der Waals surface area (Å²) < 4.78 is 10.9. The van der Waals surface area contributed by atoms with Gasteiger partial charge in [0.2, 0.25) is 0 Å². The van der Waals surface area contributed by atoms with Gasteiger partial charge in [0.05, 0.1) is 13.2 Å². The molecule has 1 atom stereocenters. The molecule has 24 heavy (non-hydrogen) atoms. The number of ether oxygens (including phenoxy) is 2. The number of hydrogen-bond acceptors (Lipinski definition) is 3. The summed E-state index contributed by atoms with van der Waals surface area (Å²) in [5.74, 6) is 1.18. The average Bonchev–Trinajstić information content (AvgIpc) is 2.55. The summed E-state index contributed by atoms with van der Waals surface area (Å²) in [6.07, 6.45) is 0. The highest BCUT2D eigenvalue weighted by atomic mass is 35.5. The Hall–Kier alpha value is -2.20. The second-order valence-electron chi connectivity index (χ2n) is 5.73. The first-order valence-electron chi connectivity index (χ1n) is 7.73. The fourth-order valence-electron chi connectivity index (χ4n) is 2.41. The Morgan fingerprint density at radius 2 is 1.96 bits per heavy atom. The largest absolute Gasteiger partial charge is 0.496 e. The van der Waals surface area contributed by atoms with E-state index in [2.05, 4.69) is 5.32 Å². The van der Waals surface area contributed by atoms with Crippen LogP contribution >= 0.6 is 11.6 Å². The van der Waals surface area contributed by atoms with Gasteiger partial charge in [0, 0.05) is 10.6 Å². The highest BCUT2D eigenvalue weighted by Crippen LogP contribution is 2.26. The molecule has 0 bridgehead atoms. The van der Waals surface area contributed by atoms with Gasteiger partial charge < -0.3 is 14.8 Å². The summed E-state index contributed by atoms with van der Waals surface area (Å²) >= 11 is 5.97.